The van der Waals surface area contributed by atoms with Gasteiger partial charge in [-0.15, -0.1) is 0 Å². The number of rotatable bonds is 8. The maximum absolute atomic E-state index is 2.40. The molecule has 0 atom stereocenters. The highest BCUT2D eigenvalue weighted by Crippen LogP contribution is 2.47. The van der Waals surface area contributed by atoms with Crippen molar-refractivity contribution in [3.63, 3.8) is 0 Å². The Kier molecular flexibility index (Phi) is 13.1. The lowest BCUT2D eigenvalue weighted by Crippen LogP contribution is -1.95. The van der Waals surface area contributed by atoms with Crippen LogP contribution in [0.1, 0.15) is 5.56 Å². The van der Waals surface area contributed by atoms with Gasteiger partial charge in [0, 0.05) is 32.9 Å². The molecule has 426 valence electrons. The molecule has 0 unspecified atom stereocenters. The molecule has 0 aliphatic heterocycles. The molecule has 16 aromatic carbocycles. The summed E-state index contributed by atoms with van der Waals surface area (Å²) in [6.45, 7) is 2.19. The summed E-state index contributed by atoms with van der Waals surface area (Å²) in [5.41, 5.74) is 23.5. The van der Waals surface area contributed by atoms with Crippen molar-refractivity contribution in [3.8, 4) is 78.1 Å². The largest absolute Gasteiger partial charge is 0.309 e. The summed E-state index contributed by atoms with van der Waals surface area (Å²) < 4.78 is 4.80. The fourth-order valence-corrected chi connectivity index (χ4v) is 14.6. The second kappa shape index (κ2) is 22.4. The van der Waals surface area contributed by atoms with Gasteiger partial charge in [0.15, 0.2) is 0 Å². The summed E-state index contributed by atoms with van der Waals surface area (Å²) >= 11 is 0. The summed E-state index contributed by atoms with van der Waals surface area (Å²) in [5.74, 6) is 0. The van der Waals surface area contributed by atoms with Gasteiger partial charge in [0.1, 0.15) is 0 Å². The fraction of sp³-hybridized carbons (Fsp3) is 0.0112. The zero-order chi connectivity index (χ0) is 60.4. The number of para-hydroxylation sites is 2. The first kappa shape index (κ1) is 53.4. The van der Waals surface area contributed by atoms with Crippen molar-refractivity contribution in [2.45, 2.75) is 6.92 Å². The van der Waals surface area contributed by atoms with Gasteiger partial charge < -0.3 is 9.13 Å². The monoisotopic (exact) mass is 1160 g/mol. The third-order valence-corrected chi connectivity index (χ3v) is 18.6. The fourth-order valence-electron chi connectivity index (χ4n) is 14.6. The second-order valence-electron chi connectivity index (χ2n) is 23.9. The average Bonchev–Trinajstić information content (AvgIpc) is 1.81. The van der Waals surface area contributed by atoms with Gasteiger partial charge in [-0.2, -0.15) is 0 Å². The lowest BCUT2D eigenvalue weighted by molar-refractivity contribution is 1.18. The van der Waals surface area contributed by atoms with Gasteiger partial charge in [-0.1, -0.05) is 291 Å². The standard InChI is InChI=1S/C45H31N.C44H29N/c1-30-20-26-39-41(28-30)45(32-14-6-3-7-15-32)38-18-9-8-17-37(38)44(39)33-21-24-35(25-22-33)46-42-19-11-10-16-36(42)40-29-34(23-27-43(40)46)31-12-4-2-5-13-31;1-3-13-30(14-4-1)33-25-28-42-40(29-33)35-17-11-12-22-41(35)45(42)34-26-23-32(24-27-34)44-38-20-9-7-18-36(38)43(31-15-5-2-6-16-31)37-19-8-10-21-39(37)44/h2-29H,1H3;1-29H. The van der Waals surface area contributed by atoms with Crippen LogP contribution >= 0.6 is 0 Å². The van der Waals surface area contributed by atoms with E-state index in [2.05, 4.69) is 362 Å². The minimum atomic E-state index is 1.16. The third-order valence-electron chi connectivity index (χ3n) is 18.6. The molecule has 2 heteroatoms. The molecule has 18 aromatic rings. The smallest absolute Gasteiger partial charge is 0.0541 e. The Morgan fingerprint density at radius 2 is 0.429 bits per heavy atom. The molecule has 0 amide bonds. The Morgan fingerprint density at radius 3 is 0.791 bits per heavy atom. The first-order chi connectivity index (χ1) is 45.1. The molecule has 0 spiro atoms. The van der Waals surface area contributed by atoms with Crippen LogP contribution in [0.3, 0.4) is 0 Å². The molecule has 0 fully saturated rings. The second-order valence-corrected chi connectivity index (χ2v) is 23.9. The first-order valence-electron chi connectivity index (χ1n) is 31.5. The van der Waals surface area contributed by atoms with Gasteiger partial charge in [0.05, 0.1) is 22.1 Å². The molecule has 2 aromatic heterocycles. The van der Waals surface area contributed by atoms with Crippen LogP contribution in [0.2, 0.25) is 0 Å². The van der Waals surface area contributed by atoms with Crippen LogP contribution in [0.15, 0.2) is 346 Å². The van der Waals surface area contributed by atoms with Crippen LogP contribution in [-0.4, -0.2) is 9.13 Å². The van der Waals surface area contributed by atoms with Crippen LogP contribution in [0, 0.1) is 6.92 Å². The Morgan fingerprint density at radius 1 is 0.165 bits per heavy atom. The number of nitrogens with zero attached hydrogens (tertiary/aromatic N) is 2. The van der Waals surface area contributed by atoms with Gasteiger partial charge in [-0.3, -0.25) is 0 Å². The van der Waals surface area contributed by atoms with Gasteiger partial charge in [-0.05, 0) is 177 Å². The van der Waals surface area contributed by atoms with Crippen molar-refractivity contribution in [1.82, 2.24) is 9.13 Å². The Hall–Kier alpha value is -11.8. The van der Waals surface area contributed by atoms with Crippen LogP contribution in [0.25, 0.3) is 165 Å². The molecule has 91 heavy (non-hydrogen) atoms. The number of aryl methyl sites for hydroxylation is 1. The molecule has 0 saturated heterocycles. The van der Waals surface area contributed by atoms with Crippen LogP contribution in [-0.2, 0) is 0 Å². The van der Waals surface area contributed by atoms with Crippen LogP contribution in [0.5, 0.6) is 0 Å². The maximum Gasteiger partial charge on any atom is 0.0541 e. The SMILES string of the molecule is Cc1ccc2c(-c3ccc(-n4c5ccccc5c5cc(-c6ccccc6)ccc54)cc3)c3ccccc3c(-c3ccccc3)c2c1.c1ccc(-c2ccc3c(c2)c2ccccc2n3-c2ccc(-c3c4ccccc4c(-c4ccccc4)c4ccccc34)cc2)cc1. The molecule has 0 saturated carbocycles. The minimum absolute atomic E-state index is 1.16. The van der Waals surface area contributed by atoms with E-state index in [1.165, 1.54) is 159 Å². The Bertz CT molecular complexity index is 5730. The summed E-state index contributed by atoms with van der Waals surface area (Å²) in [6, 6.07) is 126. The van der Waals surface area contributed by atoms with E-state index >= 15 is 0 Å². The zero-order valence-electron chi connectivity index (χ0n) is 50.3. The normalized spacial score (nSPS) is 11.6. The van der Waals surface area contributed by atoms with Gasteiger partial charge >= 0.3 is 0 Å². The van der Waals surface area contributed by atoms with Crippen molar-refractivity contribution in [1.29, 1.82) is 0 Å². The number of aromatic nitrogens is 2. The lowest BCUT2D eigenvalue weighted by Gasteiger charge is -2.18. The van der Waals surface area contributed by atoms with Gasteiger partial charge in [0.2, 0.25) is 0 Å². The molecule has 2 nitrogen and oxygen atoms in total. The summed E-state index contributed by atoms with van der Waals surface area (Å²) in [6.07, 6.45) is 0. The molecule has 0 N–H and O–H groups in total. The van der Waals surface area contributed by atoms with Crippen molar-refractivity contribution < 1.29 is 0 Å². The predicted molar refractivity (Wildman–Crippen MR) is 389 cm³/mol. The van der Waals surface area contributed by atoms with Crippen molar-refractivity contribution in [2.24, 2.45) is 0 Å². The van der Waals surface area contributed by atoms with E-state index in [9.17, 15) is 0 Å². The Labute approximate surface area is 529 Å². The van der Waals surface area contributed by atoms with Gasteiger partial charge in [-0.25, -0.2) is 0 Å². The van der Waals surface area contributed by atoms with E-state index in [0.717, 1.165) is 11.4 Å². The van der Waals surface area contributed by atoms with E-state index in [-0.39, 0.29) is 0 Å². The predicted octanol–water partition coefficient (Wildman–Crippen LogP) is 24.5. The molecule has 0 aliphatic carbocycles. The highest BCUT2D eigenvalue weighted by molar-refractivity contribution is 6.23. The van der Waals surface area contributed by atoms with Crippen LogP contribution in [0.4, 0.5) is 0 Å². The lowest BCUT2D eigenvalue weighted by atomic mass is 9.85. The van der Waals surface area contributed by atoms with E-state index < -0.39 is 0 Å². The third kappa shape index (κ3) is 9.19. The van der Waals surface area contributed by atoms with Gasteiger partial charge in [0.25, 0.3) is 0 Å². The number of fused-ring (bicyclic) bond motifs is 10. The molecule has 0 aliphatic rings. The van der Waals surface area contributed by atoms with E-state index in [1.54, 1.807) is 0 Å². The Balaban J connectivity index is 0.000000140. The molecular weight excluding hydrogens is 1100 g/mol. The molecule has 18 rings (SSSR count). The zero-order valence-corrected chi connectivity index (χ0v) is 50.3. The van der Waals surface area contributed by atoms with E-state index in [0.29, 0.717) is 0 Å². The summed E-state index contributed by atoms with van der Waals surface area (Å²) in [7, 11) is 0. The number of benzene rings is 16. The van der Waals surface area contributed by atoms with E-state index in [1.807, 2.05) is 0 Å². The van der Waals surface area contributed by atoms with Crippen molar-refractivity contribution in [2.75, 3.05) is 0 Å². The molecule has 0 radical (unpaired) electrons. The van der Waals surface area contributed by atoms with Crippen LogP contribution < -0.4 is 0 Å². The number of hydrogen-bond donors (Lipinski definition) is 0. The molecule has 2 heterocycles. The highest BCUT2D eigenvalue weighted by atomic mass is 15.0. The average molecular weight is 1160 g/mol. The highest BCUT2D eigenvalue weighted by Gasteiger charge is 2.21. The van der Waals surface area contributed by atoms with E-state index in [4.69, 9.17) is 0 Å². The quantitative estimate of drug-likeness (QED) is 0.134. The molecular formula is C89H60N2. The first-order valence-corrected chi connectivity index (χ1v) is 31.5. The summed E-state index contributed by atoms with van der Waals surface area (Å²) in [5, 5.41) is 15.3. The summed E-state index contributed by atoms with van der Waals surface area (Å²) in [4.78, 5) is 0. The number of hydrogen-bond acceptors (Lipinski definition) is 0. The molecule has 0 bridgehead atoms. The minimum Gasteiger partial charge on any atom is -0.309 e. The maximum atomic E-state index is 2.40. The topological polar surface area (TPSA) is 9.86 Å². The van der Waals surface area contributed by atoms with Crippen molar-refractivity contribution in [3.05, 3.63) is 351 Å². The van der Waals surface area contributed by atoms with Crippen molar-refractivity contribution >= 4 is 86.7 Å².